The highest BCUT2D eigenvalue weighted by molar-refractivity contribution is 5.82. The summed E-state index contributed by atoms with van der Waals surface area (Å²) in [5.41, 5.74) is 2.65. The predicted octanol–water partition coefficient (Wildman–Crippen LogP) is 4.23. The lowest BCUT2D eigenvalue weighted by atomic mass is 9.87. The monoisotopic (exact) mass is 256 g/mol. The van der Waals surface area contributed by atoms with Crippen LogP contribution >= 0.6 is 0 Å². The van der Waals surface area contributed by atoms with Crippen LogP contribution in [0.3, 0.4) is 0 Å². The van der Waals surface area contributed by atoms with Crippen LogP contribution in [-0.2, 0) is 6.54 Å². The van der Waals surface area contributed by atoms with Crippen LogP contribution in [0.2, 0.25) is 0 Å². The Hall–Kier alpha value is -1.28. The van der Waals surface area contributed by atoms with Crippen molar-refractivity contribution < 1.29 is 0 Å². The number of benzene rings is 1. The predicted molar refractivity (Wildman–Crippen MR) is 81.2 cm³/mol. The summed E-state index contributed by atoms with van der Waals surface area (Å²) in [7, 11) is 0. The standard InChI is InChI=1S/C17H24N2/c1-2-5-14(6-3-1)9-11-18-13-15-7-4-8-17-16(15)10-12-19-17/h4,7-8,10,12,14,18-19H,1-3,5-6,9,11,13H2. The van der Waals surface area contributed by atoms with E-state index in [1.54, 1.807) is 0 Å². The average molecular weight is 256 g/mol. The van der Waals surface area contributed by atoms with Crippen molar-refractivity contribution in [2.24, 2.45) is 5.92 Å². The molecule has 19 heavy (non-hydrogen) atoms. The zero-order valence-electron chi connectivity index (χ0n) is 11.6. The molecule has 0 spiro atoms. The summed E-state index contributed by atoms with van der Waals surface area (Å²) in [6.07, 6.45) is 10.6. The molecule has 1 aliphatic carbocycles. The Labute approximate surface area is 115 Å². The van der Waals surface area contributed by atoms with Gasteiger partial charge in [-0.1, -0.05) is 44.2 Å². The fraction of sp³-hybridized carbons (Fsp3) is 0.529. The van der Waals surface area contributed by atoms with Crippen LogP contribution in [0, 0.1) is 5.92 Å². The third-order valence-electron chi connectivity index (χ3n) is 4.45. The van der Waals surface area contributed by atoms with Gasteiger partial charge in [-0.25, -0.2) is 0 Å². The molecule has 1 aliphatic rings. The Morgan fingerprint density at radius 2 is 2.00 bits per heavy atom. The van der Waals surface area contributed by atoms with E-state index in [-0.39, 0.29) is 0 Å². The van der Waals surface area contributed by atoms with E-state index in [9.17, 15) is 0 Å². The molecule has 2 heteroatoms. The molecule has 0 aliphatic heterocycles. The first kappa shape index (κ1) is 12.7. The number of nitrogens with one attached hydrogen (secondary N) is 2. The smallest absolute Gasteiger partial charge is 0.0457 e. The molecule has 0 amide bonds. The van der Waals surface area contributed by atoms with Crippen molar-refractivity contribution in [3.63, 3.8) is 0 Å². The van der Waals surface area contributed by atoms with Crippen LogP contribution in [0.4, 0.5) is 0 Å². The largest absolute Gasteiger partial charge is 0.361 e. The van der Waals surface area contributed by atoms with Crippen LogP contribution < -0.4 is 5.32 Å². The van der Waals surface area contributed by atoms with Gasteiger partial charge in [0, 0.05) is 23.6 Å². The van der Waals surface area contributed by atoms with Gasteiger partial charge in [-0.05, 0) is 36.6 Å². The first-order valence-corrected chi connectivity index (χ1v) is 7.69. The second-order valence-electron chi connectivity index (χ2n) is 5.83. The molecule has 1 fully saturated rings. The fourth-order valence-corrected chi connectivity index (χ4v) is 3.31. The van der Waals surface area contributed by atoms with Crippen LogP contribution in [-0.4, -0.2) is 11.5 Å². The van der Waals surface area contributed by atoms with Gasteiger partial charge in [-0.15, -0.1) is 0 Å². The van der Waals surface area contributed by atoms with Gasteiger partial charge in [-0.2, -0.15) is 0 Å². The van der Waals surface area contributed by atoms with Gasteiger partial charge in [0.05, 0.1) is 0 Å². The number of hydrogen-bond donors (Lipinski definition) is 2. The van der Waals surface area contributed by atoms with Gasteiger partial charge in [0.1, 0.15) is 0 Å². The quantitative estimate of drug-likeness (QED) is 0.770. The molecule has 0 saturated heterocycles. The van der Waals surface area contributed by atoms with E-state index in [1.807, 2.05) is 6.20 Å². The van der Waals surface area contributed by atoms with Crippen molar-refractivity contribution >= 4 is 10.9 Å². The lowest BCUT2D eigenvalue weighted by molar-refractivity contribution is 0.334. The summed E-state index contributed by atoms with van der Waals surface area (Å²) in [4.78, 5) is 3.27. The van der Waals surface area contributed by atoms with E-state index < -0.39 is 0 Å². The van der Waals surface area contributed by atoms with Crippen LogP contribution in [0.1, 0.15) is 44.1 Å². The van der Waals surface area contributed by atoms with E-state index in [0.29, 0.717) is 0 Å². The third kappa shape index (κ3) is 3.19. The van der Waals surface area contributed by atoms with Gasteiger partial charge in [0.25, 0.3) is 0 Å². The number of aromatic amines is 1. The first-order chi connectivity index (χ1) is 9.43. The van der Waals surface area contributed by atoms with Crippen molar-refractivity contribution in [2.45, 2.75) is 45.1 Å². The number of H-pyrrole nitrogens is 1. The van der Waals surface area contributed by atoms with Gasteiger partial charge in [-0.3, -0.25) is 0 Å². The minimum atomic E-state index is 0.976. The van der Waals surface area contributed by atoms with Crippen molar-refractivity contribution in [1.82, 2.24) is 10.3 Å². The minimum Gasteiger partial charge on any atom is -0.361 e. The van der Waals surface area contributed by atoms with E-state index >= 15 is 0 Å². The zero-order chi connectivity index (χ0) is 12.9. The summed E-state index contributed by atoms with van der Waals surface area (Å²) >= 11 is 0. The second-order valence-corrected chi connectivity index (χ2v) is 5.83. The number of fused-ring (bicyclic) bond motifs is 1. The van der Waals surface area contributed by atoms with Crippen molar-refractivity contribution in [2.75, 3.05) is 6.54 Å². The molecule has 2 N–H and O–H groups in total. The highest BCUT2D eigenvalue weighted by Crippen LogP contribution is 2.25. The fourth-order valence-electron chi connectivity index (χ4n) is 3.31. The summed E-state index contributed by atoms with van der Waals surface area (Å²) in [5.74, 6) is 0.976. The van der Waals surface area contributed by atoms with Crippen LogP contribution in [0.15, 0.2) is 30.5 Å². The molecule has 3 rings (SSSR count). The maximum atomic E-state index is 3.62. The molecule has 0 atom stereocenters. The Morgan fingerprint density at radius 3 is 2.89 bits per heavy atom. The van der Waals surface area contributed by atoms with E-state index in [0.717, 1.165) is 19.0 Å². The maximum absolute atomic E-state index is 3.62. The van der Waals surface area contributed by atoms with Crippen molar-refractivity contribution in [3.8, 4) is 0 Å². The molecule has 1 saturated carbocycles. The third-order valence-corrected chi connectivity index (χ3v) is 4.45. The lowest BCUT2D eigenvalue weighted by Gasteiger charge is -2.21. The summed E-state index contributed by atoms with van der Waals surface area (Å²) in [6.45, 7) is 2.15. The molecule has 2 aromatic rings. The van der Waals surface area contributed by atoms with Crippen molar-refractivity contribution in [3.05, 3.63) is 36.0 Å². The molecule has 1 heterocycles. The molecule has 1 aromatic heterocycles. The van der Waals surface area contributed by atoms with E-state index in [1.165, 1.54) is 55.0 Å². The van der Waals surface area contributed by atoms with Crippen molar-refractivity contribution in [1.29, 1.82) is 0 Å². The second kappa shape index (κ2) is 6.25. The van der Waals surface area contributed by atoms with E-state index in [4.69, 9.17) is 0 Å². The molecule has 1 aromatic carbocycles. The van der Waals surface area contributed by atoms with Crippen LogP contribution in [0.25, 0.3) is 10.9 Å². The molecular formula is C17H24N2. The molecule has 0 radical (unpaired) electrons. The summed E-state index contributed by atoms with van der Waals surface area (Å²) in [5, 5.41) is 4.97. The van der Waals surface area contributed by atoms with Gasteiger partial charge in [0.2, 0.25) is 0 Å². The Morgan fingerprint density at radius 1 is 1.11 bits per heavy atom. The average Bonchev–Trinajstić information content (AvgIpc) is 2.94. The SMILES string of the molecule is c1cc(CNCCC2CCCCC2)c2cc[nH]c2c1. The Bertz CT molecular complexity index is 509. The van der Waals surface area contributed by atoms with Crippen LogP contribution in [0.5, 0.6) is 0 Å². The normalized spacial score (nSPS) is 17.1. The number of aromatic nitrogens is 1. The Kier molecular flexibility index (Phi) is 4.19. The highest BCUT2D eigenvalue weighted by atomic mass is 14.8. The maximum Gasteiger partial charge on any atom is 0.0457 e. The Balaban J connectivity index is 1.48. The first-order valence-electron chi connectivity index (χ1n) is 7.69. The lowest BCUT2D eigenvalue weighted by Crippen LogP contribution is -2.19. The summed E-state index contributed by atoms with van der Waals surface area (Å²) in [6, 6.07) is 8.68. The zero-order valence-corrected chi connectivity index (χ0v) is 11.6. The molecule has 0 bridgehead atoms. The molecule has 0 unspecified atom stereocenters. The molecule has 2 nitrogen and oxygen atoms in total. The van der Waals surface area contributed by atoms with Gasteiger partial charge in [0.15, 0.2) is 0 Å². The van der Waals surface area contributed by atoms with Gasteiger partial charge >= 0.3 is 0 Å². The minimum absolute atomic E-state index is 0.976. The van der Waals surface area contributed by atoms with Gasteiger partial charge < -0.3 is 10.3 Å². The number of hydrogen-bond acceptors (Lipinski definition) is 1. The summed E-state index contributed by atoms with van der Waals surface area (Å²) < 4.78 is 0. The topological polar surface area (TPSA) is 27.8 Å². The molecular weight excluding hydrogens is 232 g/mol. The molecule has 102 valence electrons. The van der Waals surface area contributed by atoms with E-state index in [2.05, 4.69) is 34.6 Å². The highest BCUT2D eigenvalue weighted by Gasteiger charge is 2.12. The number of rotatable bonds is 5.